The fourth-order valence-electron chi connectivity index (χ4n) is 8.80. The maximum absolute atomic E-state index is 6.53. The van der Waals surface area contributed by atoms with Gasteiger partial charge in [-0.25, -0.2) is 4.99 Å². The molecule has 2 aromatic heterocycles. The predicted octanol–water partition coefficient (Wildman–Crippen LogP) is 12.2. The van der Waals surface area contributed by atoms with Crippen LogP contribution in [0.3, 0.4) is 0 Å². The summed E-state index contributed by atoms with van der Waals surface area (Å²) >= 11 is 0. The van der Waals surface area contributed by atoms with E-state index >= 15 is 0 Å². The first-order chi connectivity index (χ1) is 27.7. The number of aliphatic imine (C=N–C) groups is 1. The van der Waals surface area contributed by atoms with Gasteiger partial charge in [-0.3, -0.25) is 5.32 Å². The van der Waals surface area contributed by atoms with Gasteiger partial charge in [0.25, 0.3) is 0 Å². The summed E-state index contributed by atoms with van der Waals surface area (Å²) in [4.78, 5) is 5.30. The lowest BCUT2D eigenvalue weighted by molar-refractivity contribution is 0.409. The molecule has 0 amide bonds. The molecule has 0 fully saturated rings. The zero-order valence-corrected chi connectivity index (χ0v) is 31.0. The third-order valence-electron chi connectivity index (χ3n) is 11.6. The number of furan rings is 1. The molecule has 56 heavy (non-hydrogen) atoms. The monoisotopic (exact) mass is 724 g/mol. The molecule has 2 atom stereocenters. The number of amidine groups is 1. The van der Waals surface area contributed by atoms with Crippen molar-refractivity contribution in [3.63, 3.8) is 0 Å². The molecule has 0 bridgehead atoms. The average molecular weight is 725 g/mol. The van der Waals surface area contributed by atoms with Crippen LogP contribution < -0.4 is 10.6 Å². The van der Waals surface area contributed by atoms with E-state index in [0.717, 1.165) is 70.8 Å². The quantitative estimate of drug-likeness (QED) is 0.179. The molecule has 2 unspecified atom stereocenters. The minimum absolute atomic E-state index is 0.105. The first kappa shape index (κ1) is 32.7. The lowest BCUT2D eigenvalue weighted by Crippen LogP contribution is -2.44. The summed E-state index contributed by atoms with van der Waals surface area (Å²) in [5, 5.41) is 11.1. The van der Waals surface area contributed by atoms with E-state index in [0.29, 0.717) is 0 Å². The van der Waals surface area contributed by atoms with Crippen LogP contribution in [0.1, 0.15) is 65.2 Å². The van der Waals surface area contributed by atoms with Crippen molar-refractivity contribution in [1.29, 1.82) is 0 Å². The normalized spacial score (nSPS) is 17.9. The summed E-state index contributed by atoms with van der Waals surface area (Å²) in [5.41, 5.74) is 13.8. The fraction of sp³-hybridized carbons (Fsp3) is 0.118. The predicted molar refractivity (Wildman–Crippen MR) is 231 cm³/mol. The molecule has 5 nitrogen and oxygen atoms in total. The van der Waals surface area contributed by atoms with Crippen LogP contribution in [0.25, 0.3) is 61.2 Å². The number of allylic oxidation sites excluding steroid dienone is 5. The maximum Gasteiger partial charge on any atom is 0.142 e. The van der Waals surface area contributed by atoms with E-state index in [9.17, 15) is 0 Å². The number of aryl methyl sites for hydroxylation is 1. The number of hydrogen-bond donors (Lipinski definition) is 2. The molecule has 8 aromatic rings. The highest BCUT2D eigenvalue weighted by atomic mass is 16.3. The number of nitrogens with zero attached hydrogens (tertiary/aromatic N) is 2. The Balaban J connectivity index is 0.972. The fourth-order valence-corrected chi connectivity index (χ4v) is 8.80. The molecule has 2 N–H and O–H groups in total. The van der Waals surface area contributed by atoms with Gasteiger partial charge in [-0.2, -0.15) is 0 Å². The SMILES string of the molecule is C1=CC(c2cccc(C3N=C(c4ccc(-n5c6ccccc6c6cc(-c7cccc8c9c(oc78)CCC=C9)ccc65)cc4)NC(c4ccccc4)N3)c2)=CCC1. The van der Waals surface area contributed by atoms with Gasteiger partial charge in [-0.05, 0) is 95.6 Å². The second-order valence-electron chi connectivity index (χ2n) is 15.0. The molecule has 2 aliphatic carbocycles. The van der Waals surface area contributed by atoms with Crippen molar-refractivity contribution in [2.75, 3.05) is 0 Å². The van der Waals surface area contributed by atoms with E-state index in [1.54, 1.807) is 0 Å². The van der Waals surface area contributed by atoms with Crippen LogP contribution in [0, 0.1) is 0 Å². The molecule has 0 spiro atoms. The Hall–Kier alpha value is -6.69. The van der Waals surface area contributed by atoms with Crippen LogP contribution in [-0.4, -0.2) is 10.4 Å². The lowest BCUT2D eigenvalue weighted by Gasteiger charge is -2.32. The first-order valence-electron chi connectivity index (χ1n) is 19.7. The summed E-state index contributed by atoms with van der Waals surface area (Å²) < 4.78 is 8.90. The Labute approximate surface area is 326 Å². The van der Waals surface area contributed by atoms with Gasteiger partial charge in [0.1, 0.15) is 29.5 Å². The summed E-state index contributed by atoms with van der Waals surface area (Å²) in [7, 11) is 0. The van der Waals surface area contributed by atoms with Gasteiger partial charge in [0.05, 0.1) is 11.0 Å². The number of para-hydroxylation sites is 2. The van der Waals surface area contributed by atoms with Crippen molar-refractivity contribution in [3.05, 3.63) is 197 Å². The topological polar surface area (TPSA) is 54.5 Å². The zero-order valence-electron chi connectivity index (χ0n) is 31.0. The second kappa shape index (κ2) is 13.6. The lowest BCUT2D eigenvalue weighted by atomic mass is 9.97. The van der Waals surface area contributed by atoms with Crippen molar-refractivity contribution < 1.29 is 4.42 Å². The number of nitrogens with one attached hydrogen (secondary N) is 2. The van der Waals surface area contributed by atoms with Crippen LogP contribution >= 0.6 is 0 Å². The van der Waals surface area contributed by atoms with E-state index in [-0.39, 0.29) is 12.3 Å². The Bertz CT molecular complexity index is 2920. The Morgan fingerprint density at radius 2 is 1.39 bits per heavy atom. The third kappa shape index (κ3) is 5.62. The first-order valence-corrected chi connectivity index (χ1v) is 19.7. The van der Waals surface area contributed by atoms with Gasteiger partial charge in [-0.1, -0.05) is 121 Å². The highest BCUT2D eigenvalue weighted by molar-refractivity contribution is 6.11. The van der Waals surface area contributed by atoms with Gasteiger partial charge < -0.3 is 14.3 Å². The second-order valence-corrected chi connectivity index (χ2v) is 15.0. The molecule has 1 aliphatic heterocycles. The van der Waals surface area contributed by atoms with E-state index in [4.69, 9.17) is 9.41 Å². The third-order valence-corrected chi connectivity index (χ3v) is 11.6. The van der Waals surface area contributed by atoms with E-state index in [2.05, 4.69) is 185 Å². The molecule has 270 valence electrons. The molecule has 0 saturated heterocycles. The summed E-state index contributed by atoms with van der Waals surface area (Å²) in [6.45, 7) is 0. The van der Waals surface area contributed by atoms with Gasteiger partial charge in [-0.15, -0.1) is 0 Å². The largest absolute Gasteiger partial charge is 0.460 e. The van der Waals surface area contributed by atoms with Crippen LogP contribution in [0.15, 0.2) is 173 Å². The summed E-state index contributed by atoms with van der Waals surface area (Å²) in [5.74, 6) is 1.96. The molecule has 3 aliphatic rings. The maximum atomic E-state index is 6.53. The minimum atomic E-state index is -0.218. The van der Waals surface area contributed by atoms with E-state index < -0.39 is 0 Å². The molecular weight excluding hydrogens is 685 g/mol. The number of rotatable bonds is 6. The van der Waals surface area contributed by atoms with E-state index in [1.165, 1.54) is 49.5 Å². The number of hydrogen-bond acceptors (Lipinski definition) is 4. The molecule has 5 heteroatoms. The van der Waals surface area contributed by atoms with Crippen molar-refractivity contribution >= 4 is 50.3 Å². The van der Waals surface area contributed by atoms with Gasteiger partial charge in [0, 0.05) is 45.0 Å². The molecule has 6 aromatic carbocycles. The molecule has 0 saturated carbocycles. The highest BCUT2D eigenvalue weighted by Gasteiger charge is 2.26. The van der Waals surface area contributed by atoms with Crippen molar-refractivity contribution in [2.45, 2.75) is 38.0 Å². The van der Waals surface area contributed by atoms with Crippen molar-refractivity contribution in [1.82, 2.24) is 15.2 Å². The van der Waals surface area contributed by atoms with Crippen molar-refractivity contribution in [3.8, 4) is 16.8 Å². The Kier molecular flexibility index (Phi) is 7.92. The van der Waals surface area contributed by atoms with Crippen LogP contribution in [0.4, 0.5) is 0 Å². The zero-order chi connectivity index (χ0) is 37.0. The molecular formula is C51H40N4O. The van der Waals surface area contributed by atoms with E-state index in [1.807, 2.05) is 0 Å². The summed E-state index contributed by atoms with van der Waals surface area (Å²) in [6.07, 6.45) is 15.1. The molecule has 11 rings (SSSR count). The van der Waals surface area contributed by atoms with Crippen LogP contribution in [0.5, 0.6) is 0 Å². The number of aromatic nitrogens is 1. The molecule has 0 radical (unpaired) electrons. The average Bonchev–Trinajstić information content (AvgIpc) is 3.83. The van der Waals surface area contributed by atoms with Crippen LogP contribution in [0.2, 0.25) is 0 Å². The number of fused-ring (bicyclic) bond motifs is 6. The molecule has 3 heterocycles. The Morgan fingerprint density at radius 3 is 2.29 bits per heavy atom. The number of benzene rings is 6. The van der Waals surface area contributed by atoms with Crippen LogP contribution in [-0.2, 0) is 6.42 Å². The minimum Gasteiger partial charge on any atom is -0.460 e. The van der Waals surface area contributed by atoms with Gasteiger partial charge >= 0.3 is 0 Å². The van der Waals surface area contributed by atoms with Gasteiger partial charge in [0.2, 0.25) is 0 Å². The highest BCUT2D eigenvalue weighted by Crippen LogP contribution is 2.40. The summed E-state index contributed by atoms with van der Waals surface area (Å²) in [6, 6.07) is 50.3. The van der Waals surface area contributed by atoms with Gasteiger partial charge in [0.15, 0.2) is 0 Å². The smallest absolute Gasteiger partial charge is 0.142 e. The Morgan fingerprint density at radius 1 is 0.607 bits per heavy atom. The standard InChI is InChI=1S/C51H40N4O/c1-3-13-33(14-4-1)36-17-11-18-38(31-36)51-53-49(34-15-5-2-6-16-34)52-50(54-51)35-25-28-39(29-26-35)55-45-23-9-7-19-41(45)44-32-37(27-30-46(44)55)40-21-12-22-43-42-20-8-10-24-47(42)56-48(40)43/h2-3,5-9,11-23,25-32,49,51,53H,1,4,10,24H2,(H,52,54). The van der Waals surface area contributed by atoms with Crippen molar-refractivity contribution in [2.24, 2.45) is 4.99 Å².